The zero-order chi connectivity index (χ0) is 13.8. The standard InChI is InChI=1S/C15H17Cl2NS/c1-3-18-13(15-10(2)7-8-19-15)9-11-5-4-6-12(16)14(11)17/h4-8,13,18H,3,9H2,1-2H3. The van der Waals surface area contributed by atoms with E-state index in [2.05, 4.69) is 30.6 Å². The van der Waals surface area contributed by atoms with E-state index in [1.165, 1.54) is 10.4 Å². The fourth-order valence-corrected chi connectivity index (χ4v) is 3.57. The largest absolute Gasteiger partial charge is 0.309 e. The number of benzene rings is 1. The van der Waals surface area contributed by atoms with Crippen molar-refractivity contribution in [3.63, 3.8) is 0 Å². The van der Waals surface area contributed by atoms with Gasteiger partial charge in [0.1, 0.15) is 0 Å². The molecule has 1 aromatic heterocycles. The summed E-state index contributed by atoms with van der Waals surface area (Å²) in [6, 6.07) is 8.27. The smallest absolute Gasteiger partial charge is 0.0624 e. The minimum Gasteiger partial charge on any atom is -0.309 e. The van der Waals surface area contributed by atoms with Crippen LogP contribution < -0.4 is 5.32 Å². The molecule has 1 nitrogen and oxygen atoms in total. The second-order valence-electron chi connectivity index (χ2n) is 4.50. The molecule has 0 spiro atoms. The van der Waals surface area contributed by atoms with Crippen LogP contribution in [0, 0.1) is 6.92 Å². The van der Waals surface area contributed by atoms with Crippen LogP contribution in [0.2, 0.25) is 10.0 Å². The van der Waals surface area contributed by atoms with Crippen molar-refractivity contribution in [3.8, 4) is 0 Å². The fourth-order valence-electron chi connectivity index (χ4n) is 2.17. The molecular formula is C15H17Cl2NS. The van der Waals surface area contributed by atoms with Gasteiger partial charge < -0.3 is 5.32 Å². The Morgan fingerprint density at radius 3 is 2.68 bits per heavy atom. The number of likely N-dealkylation sites (N-methyl/N-ethyl adjacent to an activating group) is 1. The number of thiophene rings is 1. The summed E-state index contributed by atoms with van der Waals surface area (Å²) in [5.41, 5.74) is 2.42. The van der Waals surface area contributed by atoms with Gasteiger partial charge in [0.2, 0.25) is 0 Å². The average Bonchev–Trinajstić information content (AvgIpc) is 2.80. The van der Waals surface area contributed by atoms with Gasteiger partial charge in [-0.2, -0.15) is 0 Å². The van der Waals surface area contributed by atoms with Crippen LogP contribution in [-0.4, -0.2) is 6.54 Å². The third-order valence-corrected chi connectivity index (χ3v) is 5.11. The molecule has 102 valence electrons. The van der Waals surface area contributed by atoms with Crippen LogP contribution in [0.1, 0.15) is 29.0 Å². The lowest BCUT2D eigenvalue weighted by molar-refractivity contribution is 0.556. The summed E-state index contributed by atoms with van der Waals surface area (Å²) in [5.74, 6) is 0. The molecule has 0 aliphatic carbocycles. The van der Waals surface area contributed by atoms with Crippen LogP contribution in [-0.2, 0) is 6.42 Å². The lowest BCUT2D eigenvalue weighted by Crippen LogP contribution is -2.22. The predicted molar refractivity (Wildman–Crippen MR) is 85.6 cm³/mol. The second-order valence-corrected chi connectivity index (χ2v) is 6.23. The van der Waals surface area contributed by atoms with Gasteiger partial charge in [-0.25, -0.2) is 0 Å². The van der Waals surface area contributed by atoms with E-state index in [9.17, 15) is 0 Å². The van der Waals surface area contributed by atoms with Gasteiger partial charge in [0, 0.05) is 10.9 Å². The van der Waals surface area contributed by atoms with Crippen molar-refractivity contribution in [3.05, 3.63) is 55.7 Å². The van der Waals surface area contributed by atoms with Crippen molar-refractivity contribution >= 4 is 34.5 Å². The van der Waals surface area contributed by atoms with Crippen LogP contribution in [0.3, 0.4) is 0 Å². The molecule has 0 aliphatic heterocycles. The summed E-state index contributed by atoms with van der Waals surface area (Å²) in [5, 5.41) is 6.95. The molecule has 1 aromatic carbocycles. The van der Waals surface area contributed by atoms with Crippen molar-refractivity contribution in [1.82, 2.24) is 5.32 Å². The SMILES string of the molecule is CCNC(Cc1cccc(Cl)c1Cl)c1sccc1C. The molecule has 1 N–H and O–H groups in total. The Labute approximate surface area is 128 Å². The Bertz CT molecular complexity index is 551. The first-order valence-electron chi connectivity index (χ1n) is 6.33. The van der Waals surface area contributed by atoms with E-state index < -0.39 is 0 Å². The van der Waals surface area contributed by atoms with Crippen molar-refractivity contribution in [2.45, 2.75) is 26.3 Å². The highest BCUT2D eigenvalue weighted by Crippen LogP contribution is 2.31. The van der Waals surface area contributed by atoms with Crippen LogP contribution in [0.5, 0.6) is 0 Å². The van der Waals surface area contributed by atoms with E-state index in [0.717, 1.165) is 18.5 Å². The van der Waals surface area contributed by atoms with Gasteiger partial charge in [-0.1, -0.05) is 42.3 Å². The molecule has 19 heavy (non-hydrogen) atoms. The maximum absolute atomic E-state index is 6.28. The molecule has 0 radical (unpaired) electrons. The zero-order valence-electron chi connectivity index (χ0n) is 11.0. The number of hydrogen-bond acceptors (Lipinski definition) is 2. The normalized spacial score (nSPS) is 12.6. The second kappa shape index (κ2) is 6.76. The number of halogens is 2. The first-order valence-corrected chi connectivity index (χ1v) is 7.97. The quantitative estimate of drug-likeness (QED) is 0.794. The lowest BCUT2D eigenvalue weighted by atomic mass is 10.0. The van der Waals surface area contributed by atoms with Crippen LogP contribution >= 0.6 is 34.5 Å². The maximum Gasteiger partial charge on any atom is 0.0624 e. The highest BCUT2D eigenvalue weighted by Gasteiger charge is 2.17. The van der Waals surface area contributed by atoms with Crippen molar-refractivity contribution in [1.29, 1.82) is 0 Å². The summed E-state index contributed by atoms with van der Waals surface area (Å²) in [6.45, 7) is 5.20. The maximum atomic E-state index is 6.28. The highest BCUT2D eigenvalue weighted by atomic mass is 35.5. The minimum absolute atomic E-state index is 0.293. The van der Waals surface area contributed by atoms with Crippen molar-refractivity contribution in [2.75, 3.05) is 6.54 Å². The number of nitrogens with one attached hydrogen (secondary N) is 1. The third-order valence-electron chi connectivity index (χ3n) is 3.12. The summed E-state index contributed by atoms with van der Waals surface area (Å²) in [4.78, 5) is 1.37. The van der Waals surface area contributed by atoms with Gasteiger partial charge in [0.15, 0.2) is 0 Å². The molecular weight excluding hydrogens is 297 g/mol. The van der Waals surface area contributed by atoms with Gasteiger partial charge in [0.25, 0.3) is 0 Å². The third kappa shape index (κ3) is 3.51. The molecule has 0 aliphatic rings. The van der Waals surface area contributed by atoms with Gasteiger partial charge in [-0.05, 0) is 48.5 Å². The van der Waals surface area contributed by atoms with E-state index in [1.807, 2.05) is 18.2 Å². The Morgan fingerprint density at radius 2 is 2.05 bits per heavy atom. The van der Waals surface area contributed by atoms with E-state index >= 15 is 0 Å². The predicted octanol–water partition coefficient (Wildman–Crippen LogP) is 5.26. The first kappa shape index (κ1) is 14.9. The number of hydrogen-bond donors (Lipinski definition) is 1. The highest BCUT2D eigenvalue weighted by molar-refractivity contribution is 7.10. The molecule has 0 saturated heterocycles. The van der Waals surface area contributed by atoms with Gasteiger partial charge >= 0.3 is 0 Å². The summed E-state index contributed by atoms with van der Waals surface area (Å²) in [6.07, 6.45) is 0.856. The van der Waals surface area contributed by atoms with Crippen LogP contribution in [0.15, 0.2) is 29.6 Å². The van der Waals surface area contributed by atoms with E-state index in [0.29, 0.717) is 16.1 Å². The molecule has 0 amide bonds. The summed E-state index contributed by atoms with van der Waals surface area (Å²) >= 11 is 14.2. The molecule has 1 unspecified atom stereocenters. The van der Waals surface area contributed by atoms with Gasteiger partial charge in [0.05, 0.1) is 10.0 Å². The molecule has 1 heterocycles. The van der Waals surface area contributed by atoms with Crippen LogP contribution in [0.25, 0.3) is 0 Å². The lowest BCUT2D eigenvalue weighted by Gasteiger charge is -2.19. The Kier molecular flexibility index (Phi) is 5.28. The van der Waals surface area contributed by atoms with Crippen molar-refractivity contribution < 1.29 is 0 Å². The zero-order valence-corrected chi connectivity index (χ0v) is 13.4. The minimum atomic E-state index is 0.293. The molecule has 0 bridgehead atoms. The Balaban J connectivity index is 2.27. The molecule has 0 saturated carbocycles. The summed E-state index contributed by atoms with van der Waals surface area (Å²) in [7, 11) is 0. The fraction of sp³-hybridized carbons (Fsp3) is 0.333. The van der Waals surface area contributed by atoms with E-state index in [4.69, 9.17) is 23.2 Å². The number of aryl methyl sites for hydroxylation is 1. The van der Waals surface area contributed by atoms with Gasteiger partial charge in [-0.3, -0.25) is 0 Å². The average molecular weight is 314 g/mol. The Hall–Kier alpha value is -0.540. The van der Waals surface area contributed by atoms with E-state index in [-0.39, 0.29) is 0 Å². The molecule has 0 fully saturated rings. The first-order chi connectivity index (χ1) is 9.13. The monoisotopic (exact) mass is 313 g/mol. The number of rotatable bonds is 5. The van der Waals surface area contributed by atoms with Gasteiger partial charge in [-0.15, -0.1) is 11.3 Å². The molecule has 2 rings (SSSR count). The van der Waals surface area contributed by atoms with E-state index in [1.54, 1.807) is 11.3 Å². The molecule has 2 aromatic rings. The molecule has 4 heteroatoms. The molecule has 1 atom stereocenters. The topological polar surface area (TPSA) is 12.0 Å². The van der Waals surface area contributed by atoms with Crippen LogP contribution in [0.4, 0.5) is 0 Å². The van der Waals surface area contributed by atoms with Crippen molar-refractivity contribution in [2.24, 2.45) is 0 Å². The summed E-state index contributed by atoms with van der Waals surface area (Å²) < 4.78 is 0. The Morgan fingerprint density at radius 1 is 1.26 bits per heavy atom.